The zero-order chi connectivity index (χ0) is 14.6. The highest BCUT2D eigenvalue weighted by atomic mass is 32.2. The van der Waals surface area contributed by atoms with Crippen LogP contribution < -0.4 is 5.32 Å². The standard InChI is InChI=1S/C16H31NO2S/c1-2-3-4-5-6-7-8-9-10-11-15-17-14(16(18)19)12-13-20-15/h14-15,17H,2-13H2,1H3,(H,18,19)/t14-,15+/m1/s1. The van der Waals surface area contributed by atoms with E-state index in [9.17, 15) is 4.79 Å². The molecule has 0 amide bonds. The molecule has 1 saturated heterocycles. The van der Waals surface area contributed by atoms with E-state index in [1.807, 2.05) is 11.8 Å². The topological polar surface area (TPSA) is 49.3 Å². The fourth-order valence-electron chi connectivity index (χ4n) is 2.69. The molecule has 0 spiro atoms. The lowest BCUT2D eigenvalue weighted by Crippen LogP contribution is -2.45. The Balaban J connectivity index is 1.92. The van der Waals surface area contributed by atoms with Crippen LogP contribution in [0, 0.1) is 0 Å². The molecule has 0 aromatic carbocycles. The van der Waals surface area contributed by atoms with Crippen LogP contribution in [0.25, 0.3) is 0 Å². The van der Waals surface area contributed by atoms with Crippen molar-refractivity contribution >= 4 is 17.7 Å². The number of nitrogens with one attached hydrogen (secondary N) is 1. The van der Waals surface area contributed by atoms with Crippen LogP contribution in [0.3, 0.4) is 0 Å². The van der Waals surface area contributed by atoms with Crippen LogP contribution in [0.15, 0.2) is 0 Å². The van der Waals surface area contributed by atoms with Crippen LogP contribution in [-0.2, 0) is 4.79 Å². The molecule has 0 saturated carbocycles. The predicted octanol–water partition coefficient (Wildman–Crippen LogP) is 4.41. The summed E-state index contributed by atoms with van der Waals surface area (Å²) in [4.78, 5) is 11.0. The summed E-state index contributed by atoms with van der Waals surface area (Å²) < 4.78 is 0. The molecule has 4 heteroatoms. The maximum atomic E-state index is 11.0. The molecule has 118 valence electrons. The minimum Gasteiger partial charge on any atom is -0.480 e. The molecule has 20 heavy (non-hydrogen) atoms. The summed E-state index contributed by atoms with van der Waals surface area (Å²) >= 11 is 1.89. The van der Waals surface area contributed by atoms with Crippen molar-refractivity contribution in [2.24, 2.45) is 0 Å². The van der Waals surface area contributed by atoms with Crippen molar-refractivity contribution < 1.29 is 9.90 Å². The second kappa shape index (κ2) is 11.4. The van der Waals surface area contributed by atoms with Crippen molar-refractivity contribution in [1.29, 1.82) is 0 Å². The summed E-state index contributed by atoms with van der Waals surface area (Å²) in [7, 11) is 0. The summed E-state index contributed by atoms with van der Waals surface area (Å²) in [5.74, 6) is 0.286. The van der Waals surface area contributed by atoms with Gasteiger partial charge < -0.3 is 5.11 Å². The highest BCUT2D eigenvalue weighted by Gasteiger charge is 2.25. The third-order valence-corrected chi connectivity index (χ3v) is 5.23. The van der Waals surface area contributed by atoms with E-state index in [-0.39, 0.29) is 6.04 Å². The monoisotopic (exact) mass is 301 g/mol. The van der Waals surface area contributed by atoms with Crippen LogP contribution in [-0.4, -0.2) is 28.2 Å². The Kier molecular flexibility index (Phi) is 10.2. The van der Waals surface area contributed by atoms with Crippen LogP contribution in [0.4, 0.5) is 0 Å². The molecule has 3 nitrogen and oxygen atoms in total. The van der Waals surface area contributed by atoms with E-state index >= 15 is 0 Å². The Hall–Kier alpha value is -0.220. The van der Waals surface area contributed by atoms with Gasteiger partial charge in [0, 0.05) is 0 Å². The maximum Gasteiger partial charge on any atom is 0.320 e. The lowest BCUT2D eigenvalue weighted by molar-refractivity contribution is -0.139. The summed E-state index contributed by atoms with van der Waals surface area (Å²) in [5.41, 5.74) is 0. The number of hydrogen-bond acceptors (Lipinski definition) is 3. The number of aliphatic carboxylic acids is 1. The van der Waals surface area contributed by atoms with Gasteiger partial charge >= 0.3 is 5.97 Å². The molecule has 0 bridgehead atoms. The second-order valence-electron chi connectivity index (χ2n) is 5.82. The van der Waals surface area contributed by atoms with Crippen LogP contribution >= 0.6 is 11.8 Å². The smallest absolute Gasteiger partial charge is 0.320 e. The molecule has 1 heterocycles. The molecule has 0 aliphatic carbocycles. The molecule has 1 rings (SSSR count). The Labute approximate surface area is 128 Å². The lowest BCUT2D eigenvalue weighted by Gasteiger charge is -2.28. The van der Waals surface area contributed by atoms with Gasteiger partial charge in [-0.3, -0.25) is 10.1 Å². The Morgan fingerprint density at radius 1 is 1.10 bits per heavy atom. The van der Waals surface area contributed by atoms with Gasteiger partial charge in [-0.25, -0.2) is 0 Å². The minimum atomic E-state index is -0.692. The number of carboxylic acids is 1. The van der Waals surface area contributed by atoms with E-state index < -0.39 is 5.97 Å². The van der Waals surface area contributed by atoms with Crippen molar-refractivity contribution in [3.05, 3.63) is 0 Å². The van der Waals surface area contributed by atoms with E-state index in [2.05, 4.69) is 12.2 Å². The van der Waals surface area contributed by atoms with E-state index in [1.54, 1.807) is 0 Å². The largest absolute Gasteiger partial charge is 0.480 e. The quantitative estimate of drug-likeness (QED) is 0.555. The SMILES string of the molecule is CCCCCCCCCCC[C@H]1N[C@@H](C(=O)O)CCS1. The number of carbonyl (C=O) groups is 1. The number of unbranched alkanes of at least 4 members (excludes halogenated alkanes) is 8. The molecule has 1 aliphatic heterocycles. The average molecular weight is 301 g/mol. The van der Waals surface area contributed by atoms with Gasteiger partial charge in [0.2, 0.25) is 0 Å². The summed E-state index contributed by atoms with van der Waals surface area (Å²) in [5, 5.41) is 12.6. The van der Waals surface area contributed by atoms with Crippen molar-refractivity contribution in [2.75, 3.05) is 5.75 Å². The molecule has 0 aromatic rings. The van der Waals surface area contributed by atoms with Crippen LogP contribution in [0.2, 0.25) is 0 Å². The first-order valence-electron chi connectivity index (χ1n) is 8.34. The van der Waals surface area contributed by atoms with Gasteiger partial charge in [-0.05, 0) is 18.6 Å². The van der Waals surface area contributed by atoms with Gasteiger partial charge in [-0.2, -0.15) is 0 Å². The molecule has 2 atom stereocenters. The molecule has 1 aliphatic rings. The third-order valence-electron chi connectivity index (χ3n) is 3.98. The first-order valence-corrected chi connectivity index (χ1v) is 9.39. The zero-order valence-corrected chi connectivity index (χ0v) is 13.7. The van der Waals surface area contributed by atoms with Gasteiger partial charge in [0.1, 0.15) is 6.04 Å². The molecule has 0 radical (unpaired) electrons. The lowest BCUT2D eigenvalue weighted by atomic mass is 10.1. The highest BCUT2D eigenvalue weighted by Crippen LogP contribution is 2.23. The van der Waals surface area contributed by atoms with E-state index in [4.69, 9.17) is 5.11 Å². The second-order valence-corrected chi connectivity index (χ2v) is 7.13. The molecule has 0 unspecified atom stereocenters. The average Bonchev–Trinajstić information content (AvgIpc) is 2.46. The van der Waals surface area contributed by atoms with Gasteiger partial charge in [-0.15, -0.1) is 11.8 Å². The van der Waals surface area contributed by atoms with Gasteiger partial charge in [0.15, 0.2) is 0 Å². The summed E-state index contributed by atoms with van der Waals surface area (Å²) in [6.07, 6.45) is 14.0. The minimum absolute atomic E-state index is 0.320. The van der Waals surface area contributed by atoms with Crippen molar-refractivity contribution in [1.82, 2.24) is 5.32 Å². The first-order chi connectivity index (χ1) is 9.74. The van der Waals surface area contributed by atoms with E-state index in [0.29, 0.717) is 5.37 Å². The number of rotatable bonds is 11. The fourth-order valence-corrected chi connectivity index (χ4v) is 3.94. The summed E-state index contributed by atoms with van der Waals surface area (Å²) in [6.45, 7) is 2.26. The zero-order valence-electron chi connectivity index (χ0n) is 12.9. The third kappa shape index (κ3) is 8.15. The first kappa shape index (κ1) is 17.8. The van der Waals surface area contributed by atoms with Crippen molar-refractivity contribution in [2.45, 2.75) is 89.0 Å². The molecular weight excluding hydrogens is 270 g/mol. The van der Waals surface area contributed by atoms with Crippen molar-refractivity contribution in [3.8, 4) is 0 Å². The van der Waals surface area contributed by atoms with Gasteiger partial charge in [0.05, 0.1) is 5.37 Å². The van der Waals surface area contributed by atoms with Crippen LogP contribution in [0.1, 0.15) is 77.6 Å². The summed E-state index contributed by atoms with van der Waals surface area (Å²) in [6, 6.07) is -0.320. The molecule has 2 N–H and O–H groups in total. The Morgan fingerprint density at radius 2 is 1.70 bits per heavy atom. The predicted molar refractivity (Wildman–Crippen MR) is 87.3 cm³/mol. The normalized spacial score (nSPS) is 22.9. The fraction of sp³-hybridized carbons (Fsp3) is 0.938. The van der Waals surface area contributed by atoms with Crippen molar-refractivity contribution in [3.63, 3.8) is 0 Å². The number of carboxylic acid groups (broad SMARTS) is 1. The highest BCUT2D eigenvalue weighted by molar-refractivity contribution is 7.99. The number of hydrogen-bond donors (Lipinski definition) is 2. The van der Waals surface area contributed by atoms with Crippen LogP contribution in [0.5, 0.6) is 0 Å². The molecule has 1 fully saturated rings. The number of thioether (sulfide) groups is 1. The maximum absolute atomic E-state index is 11.0. The van der Waals surface area contributed by atoms with Gasteiger partial charge in [-0.1, -0.05) is 64.7 Å². The van der Waals surface area contributed by atoms with E-state index in [0.717, 1.165) is 18.6 Å². The molecule has 0 aromatic heterocycles. The Bertz CT molecular complexity index is 261. The Morgan fingerprint density at radius 3 is 2.30 bits per heavy atom. The van der Waals surface area contributed by atoms with Gasteiger partial charge in [0.25, 0.3) is 0 Å². The van der Waals surface area contributed by atoms with E-state index in [1.165, 1.54) is 57.8 Å². The molecular formula is C16H31NO2S.